The Labute approximate surface area is 132 Å². The highest BCUT2D eigenvalue weighted by molar-refractivity contribution is 5.63. The standard InChI is InChI=1S/C15H7F5N3O/c16-10-3-9(4-13(6-10)24-15(18,19)20)14-1-2-22-23(14)12-5-11(17)7-21-8-12/h1,3-8H. The van der Waals surface area contributed by atoms with Gasteiger partial charge in [0.05, 0.1) is 23.8 Å². The molecule has 2 heterocycles. The molecule has 1 radical (unpaired) electrons. The Kier molecular flexibility index (Phi) is 3.92. The van der Waals surface area contributed by atoms with E-state index in [1.165, 1.54) is 16.9 Å². The molecular formula is C15H7F5N3O. The lowest BCUT2D eigenvalue weighted by Crippen LogP contribution is -2.17. The second kappa shape index (κ2) is 5.91. The Morgan fingerprint density at radius 3 is 2.50 bits per heavy atom. The number of rotatable bonds is 3. The topological polar surface area (TPSA) is 39.9 Å². The van der Waals surface area contributed by atoms with Crippen LogP contribution in [0.1, 0.15) is 0 Å². The summed E-state index contributed by atoms with van der Waals surface area (Å²) in [7, 11) is 0. The average Bonchev–Trinajstić information content (AvgIpc) is 2.94. The van der Waals surface area contributed by atoms with Gasteiger partial charge in [-0.1, -0.05) is 0 Å². The third kappa shape index (κ3) is 3.50. The normalized spacial score (nSPS) is 11.5. The van der Waals surface area contributed by atoms with E-state index in [1.807, 2.05) is 0 Å². The van der Waals surface area contributed by atoms with Gasteiger partial charge < -0.3 is 4.74 Å². The predicted octanol–water partition coefficient (Wildman–Crippen LogP) is 3.91. The van der Waals surface area contributed by atoms with Crippen LogP contribution in [-0.4, -0.2) is 21.1 Å². The van der Waals surface area contributed by atoms with Crippen molar-refractivity contribution in [3.05, 3.63) is 60.6 Å². The second-order valence-electron chi connectivity index (χ2n) is 4.66. The van der Waals surface area contributed by atoms with Gasteiger partial charge in [0.1, 0.15) is 23.6 Å². The zero-order chi connectivity index (χ0) is 17.3. The average molecular weight is 340 g/mol. The van der Waals surface area contributed by atoms with Gasteiger partial charge in [0.15, 0.2) is 0 Å². The molecule has 123 valence electrons. The Hall–Kier alpha value is -2.97. The van der Waals surface area contributed by atoms with Crippen molar-refractivity contribution in [2.75, 3.05) is 0 Å². The molecule has 0 amide bonds. The summed E-state index contributed by atoms with van der Waals surface area (Å²) in [6.45, 7) is 0. The SMILES string of the molecule is Fc1cc(OC(F)(F)F)cc(-c2c[c]nn2-c2cncc(F)c2)c1. The lowest BCUT2D eigenvalue weighted by atomic mass is 10.1. The van der Waals surface area contributed by atoms with Gasteiger partial charge in [-0.05, 0) is 18.2 Å². The van der Waals surface area contributed by atoms with Crippen LogP contribution in [0.2, 0.25) is 0 Å². The lowest BCUT2D eigenvalue weighted by Gasteiger charge is -2.12. The maximum atomic E-state index is 13.6. The summed E-state index contributed by atoms with van der Waals surface area (Å²) in [4.78, 5) is 3.66. The molecule has 0 aliphatic heterocycles. The number of hydrogen-bond acceptors (Lipinski definition) is 3. The molecule has 24 heavy (non-hydrogen) atoms. The van der Waals surface area contributed by atoms with Gasteiger partial charge >= 0.3 is 6.36 Å². The number of halogens is 5. The molecular weight excluding hydrogens is 333 g/mol. The Morgan fingerprint density at radius 2 is 1.79 bits per heavy atom. The summed E-state index contributed by atoms with van der Waals surface area (Å²) < 4.78 is 68.8. The van der Waals surface area contributed by atoms with E-state index in [1.54, 1.807) is 0 Å². The van der Waals surface area contributed by atoms with Crippen molar-refractivity contribution < 1.29 is 26.7 Å². The maximum absolute atomic E-state index is 13.6. The molecule has 0 bridgehead atoms. The van der Waals surface area contributed by atoms with Crippen molar-refractivity contribution in [3.8, 4) is 22.7 Å². The summed E-state index contributed by atoms with van der Waals surface area (Å²) in [5.41, 5.74) is 0.440. The van der Waals surface area contributed by atoms with Gasteiger partial charge in [0.2, 0.25) is 0 Å². The van der Waals surface area contributed by atoms with Crippen molar-refractivity contribution in [3.63, 3.8) is 0 Å². The van der Waals surface area contributed by atoms with Gasteiger partial charge in [-0.2, -0.15) is 5.10 Å². The van der Waals surface area contributed by atoms with Crippen molar-refractivity contribution in [1.29, 1.82) is 0 Å². The summed E-state index contributed by atoms with van der Waals surface area (Å²) >= 11 is 0. The van der Waals surface area contributed by atoms with Crippen molar-refractivity contribution in [2.24, 2.45) is 0 Å². The fraction of sp³-hybridized carbons (Fsp3) is 0.0667. The van der Waals surface area contributed by atoms with Crippen LogP contribution in [0.5, 0.6) is 5.75 Å². The third-order valence-corrected chi connectivity index (χ3v) is 2.92. The van der Waals surface area contributed by atoms with Crippen LogP contribution in [0.4, 0.5) is 22.0 Å². The predicted molar refractivity (Wildman–Crippen MR) is 72.2 cm³/mol. The van der Waals surface area contributed by atoms with Gasteiger partial charge in [-0.15, -0.1) is 13.2 Å². The maximum Gasteiger partial charge on any atom is 0.573 e. The molecule has 9 heteroatoms. The molecule has 2 aromatic heterocycles. The van der Waals surface area contributed by atoms with Crippen LogP contribution >= 0.6 is 0 Å². The van der Waals surface area contributed by atoms with Gasteiger partial charge in [-0.25, -0.2) is 13.5 Å². The Balaban J connectivity index is 2.06. The summed E-state index contributed by atoms with van der Waals surface area (Å²) in [5.74, 6) is -2.28. The summed E-state index contributed by atoms with van der Waals surface area (Å²) in [6.07, 6.45) is -0.204. The van der Waals surface area contributed by atoms with E-state index in [9.17, 15) is 22.0 Å². The Morgan fingerprint density at radius 1 is 1.00 bits per heavy atom. The van der Waals surface area contributed by atoms with Crippen molar-refractivity contribution >= 4 is 0 Å². The van der Waals surface area contributed by atoms with E-state index in [2.05, 4.69) is 21.0 Å². The monoisotopic (exact) mass is 340 g/mol. The molecule has 3 aromatic rings. The highest BCUT2D eigenvalue weighted by Gasteiger charge is 2.31. The zero-order valence-electron chi connectivity index (χ0n) is 11.7. The second-order valence-corrected chi connectivity index (χ2v) is 4.66. The molecule has 0 saturated carbocycles. The van der Waals surface area contributed by atoms with E-state index in [0.717, 1.165) is 24.4 Å². The molecule has 4 nitrogen and oxygen atoms in total. The van der Waals surface area contributed by atoms with E-state index < -0.39 is 23.7 Å². The van der Waals surface area contributed by atoms with E-state index >= 15 is 0 Å². The fourth-order valence-electron chi connectivity index (χ4n) is 2.08. The minimum atomic E-state index is -4.95. The molecule has 0 saturated heterocycles. The third-order valence-electron chi connectivity index (χ3n) is 2.92. The highest BCUT2D eigenvalue weighted by atomic mass is 19.4. The van der Waals surface area contributed by atoms with Crippen LogP contribution < -0.4 is 4.74 Å². The number of alkyl halides is 3. The zero-order valence-corrected chi connectivity index (χ0v) is 11.7. The minimum absolute atomic E-state index is 0.0484. The highest BCUT2D eigenvalue weighted by Crippen LogP contribution is 2.30. The molecule has 1 aromatic carbocycles. The molecule has 0 N–H and O–H groups in total. The molecule has 0 spiro atoms. The molecule has 0 fully saturated rings. The number of nitrogens with zero attached hydrogens (tertiary/aromatic N) is 3. The van der Waals surface area contributed by atoms with Crippen LogP contribution in [0.3, 0.4) is 0 Å². The quantitative estimate of drug-likeness (QED) is 0.679. The number of benzene rings is 1. The lowest BCUT2D eigenvalue weighted by molar-refractivity contribution is -0.274. The number of aromatic nitrogens is 3. The molecule has 0 aliphatic rings. The van der Waals surface area contributed by atoms with E-state index in [0.29, 0.717) is 6.07 Å². The van der Waals surface area contributed by atoms with Gasteiger partial charge in [-0.3, -0.25) is 4.98 Å². The van der Waals surface area contributed by atoms with Crippen LogP contribution in [0.15, 0.2) is 42.7 Å². The molecule has 0 unspecified atom stereocenters. The minimum Gasteiger partial charge on any atom is -0.406 e. The Bertz CT molecular complexity index is 876. The summed E-state index contributed by atoms with van der Waals surface area (Å²) in [6, 6.07) is 5.02. The molecule has 0 atom stereocenters. The van der Waals surface area contributed by atoms with Crippen LogP contribution in [0.25, 0.3) is 16.9 Å². The van der Waals surface area contributed by atoms with Gasteiger partial charge in [0, 0.05) is 17.7 Å². The first-order chi connectivity index (χ1) is 11.3. The van der Waals surface area contributed by atoms with Crippen LogP contribution in [-0.2, 0) is 0 Å². The summed E-state index contributed by atoms with van der Waals surface area (Å²) in [5, 5.41) is 3.84. The largest absolute Gasteiger partial charge is 0.573 e. The van der Waals surface area contributed by atoms with Crippen molar-refractivity contribution in [2.45, 2.75) is 6.36 Å². The number of ether oxygens (including phenoxy) is 1. The van der Waals surface area contributed by atoms with E-state index in [-0.39, 0.29) is 16.9 Å². The van der Waals surface area contributed by atoms with Gasteiger partial charge in [0.25, 0.3) is 0 Å². The van der Waals surface area contributed by atoms with Crippen molar-refractivity contribution in [1.82, 2.24) is 14.8 Å². The molecule has 3 rings (SSSR count). The van der Waals surface area contributed by atoms with E-state index in [4.69, 9.17) is 0 Å². The number of hydrogen-bond donors (Lipinski definition) is 0. The van der Waals surface area contributed by atoms with Crippen LogP contribution in [0, 0.1) is 17.8 Å². The molecule has 0 aliphatic carbocycles. The smallest absolute Gasteiger partial charge is 0.406 e. The first-order valence-corrected chi connectivity index (χ1v) is 6.45. The fourth-order valence-corrected chi connectivity index (χ4v) is 2.08. The number of pyridine rings is 1. The first-order valence-electron chi connectivity index (χ1n) is 6.45. The first kappa shape index (κ1) is 15.9.